The highest BCUT2D eigenvalue weighted by Gasteiger charge is 2.33. The number of carbonyl (C=O) groups is 1. The van der Waals surface area contributed by atoms with Gasteiger partial charge in [0.05, 0.1) is 18.5 Å². The molecule has 7 nitrogen and oxygen atoms in total. The normalized spacial score (nSPS) is 18.4. The van der Waals surface area contributed by atoms with Crippen LogP contribution in [-0.4, -0.2) is 27.6 Å². The molecule has 3 rings (SSSR count). The van der Waals surface area contributed by atoms with Crippen LogP contribution in [0.15, 0.2) is 53.4 Å². The summed E-state index contributed by atoms with van der Waals surface area (Å²) in [6.07, 6.45) is -1.11. The van der Waals surface area contributed by atoms with Crippen molar-refractivity contribution in [3.05, 3.63) is 48.5 Å². The molecular formula is C15H15N3O4S. The highest BCUT2D eigenvalue weighted by molar-refractivity contribution is 7.89. The summed E-state index contributed by atoms with van der Waals surface area (Å²) in [4.78, 5) is 12.5. The summed E-state index contributed by atoms with van der Waals surface area (Å²) < 4.78 is 31.9. The lowest BCUT2D eigenvalue weighted by Crippen LogP contribution is -2.51. The molecule has 23 heavy (non-hydrogen) atoms. The van der Waals surface area contributed by atoms with Crippen molar-refractivity contribution in [1.82, 2.24) is 4.72 Å². The summed E-state index contributed by atoms with van der Waals surface area (Å²) in [6, 6.07) is 13.3. The van der Waals surface area contributed by atoms with Gasteiger partial charge in [0.15, 0.2) is 6.17 Å². The fraction of sp³-hybridized carbons (Fsp3) is 0.133. The molecule has 0 saturated carbocycles. The van der Waals surface area contributed by atoms with Crippen molar-refractivity contribution in [3.63, 3.8) is 0 Å². The Labute approximate surface area is 133 Å². The third-order valence-electron chi connectivity index (χ3n) is 3.38. The van der Waals surface area contributed by atoms with E-state index in [9.17, 15) is 13.2 Å². The van der Waals surface area contributed by atoms with Crippen LogP contribution < -0.4 is 20.1 Å². The van der Waals surface area contributed by atoms with Gasteiger partial charge in [0.2, 0.25) is 10.0 Å². The number of sulfonamides is 1. The smallest absolute Gasteiger partial charge is 0.263 e. The quantitative estimate of drug-likeness (QED) is 0.788. The van der Waals surface area contributed by atoms with Gasteiger partial charge in [-0.3, -0.25) is 4.79 Å². The molecular weight excluding hydrogens is 318 g/mol. The van der Waals surface area contributed by atoms with Crippen molar-refractivity contribution in [1.29, 1.82) is 0 Å². The van der Waals surface area contributed by atoms with Gasteiger partial charge in [-0.15, -0.1) is 0 Å². The Morgan fingerprint density at radius 3 is 2.61 bits per heavy atom. The molecule has 0 aliphatic carbocycles. The second-order valence-corrected chi connectivity index (χ2v) is 6.57. The molecule has 0 fully saturated rings. The highest BCUT2D eigenvalue weighted by Crippen LogP contribution is 2.27. The lowest BCUT2D eigenvalue weighted by Gasteiger charge is -2.27. The van der Waals surface area contributed by atoms with E-state index in [1.165, 1.54) is 13.2 Å². The predicted molar refractivity (Wildman–Crippen MR) is 85.8 cm³/mol. The zero-order valence-corrected chi connectivity index (χ0v) is 13.1. The summed E-state index contributed by atoms with van der Waals surface area (Å²) in [6.45, 7) is 0. The Kier molecular flexibility index (Phi) is 3.93. The number of hydrogen-bond acceptors (Lipinski definition) is 5. The van der Waals surface area contributed by atoms with Crippen LogP contribution in [0.3, 0.4) is 0 Å². The molecule has 3 N–H and O–H groups in total. The maximum Gasteiger partial charge on any atom is 0.263 e. The molecule has 0 spiro atoms. The van der Waals surface area contributed by atoms with E-state index < -0.39 is 22.1 Å². The minimum absolute atomic E-state index is 0.112. The molecule has 8 heteroatoms. The molecule has 2 aromatic carbocycles. The van der Waals surface area contributed by atoms with Crippen molar-refractivity contribution in [2.45, 2.75) is 11.1 Å². The number of benzene rings is 2. The molecule has 0 radical (unpaired) electrons. The van der Waals surface area contributed by atoms with E-state index in [1.807, 2.05) is 0 Å². The first-order valence-corrected chi connectivity index (χ1v) is 8.31. The number of methoxy groups -OCH3 is 1. The van der Waals surface area contributed by atoms with Crippen molar-refractivity contribution in [3.8, 4) is 5.75 Å². The molecule has 0 bridgehead atoms. The largest absolute Gasteiger partial charge is 0.495 e. The number of fused-ring (bicyclic) bond motifs is 1. The number of hydrogen-bond donors (Lipinski definition) is 3. The second kappa shape index (κ2) is 5.90. The molecule has 0 aromatic heterocycles. The molecule has 1 aliphatic rings. The number of nitrogens with one attached hydrogen (secondary N) is 3. The van der Waals surface area contributed by atoms with Gasteiger partial charge in [-0.25, -0.2) is 8.42 Å². The Hall–Kier alpha value is -2.58. The number of anilines is 2. The van der Waals surface area contributed by atoms with E-state index in [-0.39, 0.29) is 4.90 Å². The summed E-state index contributed by atoms with van der Waals surface area (Å²) in [5.41, 5.74) is 0.839. The zero-order chi connectivity index (χ0) is 16.4. The van der Waals surface area contributed by atoms with Gasteiger partial charge in [-0.2, -0.15) is 4.72 Å². The van der Waals surface area contributed by atoms with Crippen LogP contribution in [-0.2, 0) is 14.8 Å². The Morgan fingerprint density at radius 1 is 1.13 bits per heavy atom. The van der Waals surface area contributed by atoms with E-state index in [0.29, 0.717) is 17.1 Å². The second-order valence-electron chi connectivity index (χ2n) is 4.88. The Balaban J connectivity index is 1.85. The number of ether oxygens (including phenoxy) is 1. The van der Waals surface area contributed by atoms with Gasteiger partial charge < -0.3 is 15.4 Å². The number of rotatable bonds is 3. The van der Waals surface area contributed by atoms with E-state index >= 15 is 0 Å². The van der Waals surface area contributed by atoms with Gasteiger partial charge in [0.1, 0.15) is 10.6 Å². The summed E-state index contributed by atoms with van der Waals surface area (Å²) in [5.74, 6) is -0.0486. The van der Waals surface area contributed by atoms with E-state index in [4.69, 9.17) is 4.74 Å². The molecule has 1 aliphatic heterocycles. The third-order valence-corrected chi connectivity index (χ3v) is 4.86. The predicted octanol–water partition coefficient (Wildman–Crippen LogP) is 1.36. The van der Waals surface area contributed by atoms with E-state index in [2.05, 4.69) is 15.4 Å². The van der Waals surface area contributed by atoms with Crippen LogP contribution in [0.4, 0.5) is 11.4 Å². The van der Waals surface area contributed by atoms with Crippen LogP contribution in [0.1, 0.15) is 0 Å². The average Bonchev–Trinajstić information content (AvgIpc) is 2.54. The lowest BCUT2D eigenvalue weighted by atomic mass is 10.2. The van der Waals surface area contributed by atoms with Gasteiger partial charge in [0.25, 0.3) is 5.91 Å². The van der Waals surface area contributed by atoms with Crippen molar-refractivity contribution in [2.24, 2.45) is 0 Å². The van der Waals surface area contributed by atoms with Gasteiger partial charge in [0, 0.05) is 0 Å². The first kappa shape index (κ1) is 15.3. The van der Waals surface area contributed by atoms with Crippen molar-refractivity contribution < 1.29 is 17.9 Å². The topological polar surface area (TPSA) is 96.5 Å². The standard InChI is InChI=1S/C15H15N3O4S/c1-22-12-8-4-2-6-10(12)17-15(19)14-16-11-7-3-5-9-13(11)23(20,21)18-14/h2-9,14,16,18H,1H3,(H,17,19)/t14-/m1/s1. The van der Waals surface area contributed by atoms with E-state index in [1.54, 1.807) is 42.5 Å². The van der Waals surface area contributed by atoms with Crippen molar-refractivity contribution >= 4 is 27.3 Å². The fourth-order valence-corrected chi connectivity index (χ4v) is 3.57. The van der Waals surface area contributed by atoms with Crippen molar-refractivity contribution in [2.75, 3.05) is 17.7 Å². The molecule has 120 valence electrons. The minimum atomic E-state index is -3.75. The maximum absolute atomic E-state index is 12.4. The molecule has 1 heterocycles. The molecule has 0 saturated heterocycles. The lowest BCUT2D eigenvalue weighted by molar-refractivity contribution is -0.117. The van der Waals surface area contributed by atoms with Gasteiger partial charge in [-0.1, -0.05) is 24.3 Å². The number of para-hydroxylation sites is 3. The number of carbonyl (C=O) groups excluding carboxylic acids is 1. The summed E-state index contributed by atoms with van der Waals surface area (Å²) in [7, 11) is -2.26. The van der Waals surface area contributed by atoms with Crippen LogP contribution in [0, 0.1) is 0 Å². The fourth-order valence-electron chi connectivity index (χ4n) is 2.30. The SMILES string of the molecule is COc1ccccc1NC(=O)[C@@H]1Nc2ccccc2S(=O)(=O)N1. The van der Waals surface area contributed by atoms with Gasteiger partial charge in [-0.05, 0) is 24.3 Å². The van der Waals surface area contributed by atoms with Crippen LogP contribution in [0.2, 0.25) is 0 Å². The van der Waals surface area contributed by atoms with Crippen LogP contribution >= 0.6 is 0 Å². The minimum Gasteiger partial charge on any atom is -0.495 e. The molecule has 1 amide bonds. The highest BCUT2D eigenvalue weighted by atomic mass is 32.2. The Morgan fingerprint density at radius 2 is 1.83 bits per heavy atom. The third kappa shape index (κ3) is 2.99. The van der Waals surface area contributed by atoms with Crippen LogP contribution in [0.25, 0.3) is 0 Å². The first-order chi connectivity index (χ1) is 11.0. The number of amides is 1. The monoisotopic (exact) mass is 333 g/mol. The zero-order valence-electron chi connectivity index (χ0n) is 12.2. The maximum atomic E-state index is 12.4. The average molecular weight is 333 g/mol. The first-order valence-electron chi connectivity index (χ1n) is 6.83. The van der Waals surface area contributed by atoms with E-state index in [0.717, 1.165) is 0 Å². The molecule has 2 aromatic rings. The van der Waals surface area contributed by atoms with Gasteiger partial charge >= 0.3 is 0 Å². The van der Waals surface area contributed by atoms with Crippen LogP contribution in [0.5, 0.6) is 5.75 Å². The Bertz CT molecular complexity index is 851. The summed E-state index contributed by atoms with van der Waals surface area (Å²) in [5, 5.41) is 5.51. The molecule has 0 unspecified atom stereocenters. The molecule has 1 atom stereocenters. The summed E-state index contributed by atoms with van der Waals surface area (Å²) >= 11 is 0.